The molecule has 3 aromatic rings. The Kier molecular flexibility index (Phi) is 6.02. The number of hydrogen-bond acceptors (Lipinski definition) is 4. The van der Waals surface area contributed by atoms with E-state index in [0.717, 1.165) is 5.56 Å². The van der Waals surface area contributed by atoms with Gasteiger partial charge >= 0.3 is 5.97 Å². The molecule has 0 aliphatic rings. The summed E-state index contributed by atoms with van der Waals surface area (Å²) in [5.41, 5.74) is 1.56. The first-order chi connectivity index (χ1) is 13.3. The van der Waals surface area contributed by atoms with Crippen LogP contribution in [0.3, 0.4) is 0 Å². The van der Waals surface area contributed by atoms with Gasteiger partial charge in [-0.05, 0) is 47.3 Å². The fourth-order valence-corrected chi connectivity index (χ4v) is 3.49. The van der Waals surface area contributed by atoms with E-state index in [0.29, 0.717) is 33.0 Å². The number of amides is 1. The second kappa shape index (κ2) is 8.46. The summed E-state index contributed by atoms with van der Waals surface area (Å²) in [5, 5.41) is 14.3. The lowest BCUT2D eigenvalue weighted by Gasteiger charge is -2.22. The van der Waals surface area contributed by atoms with Gasteiger partial charge < -0.3 is 15.3 Å². The summed E-state index contributed by atoms with van der Waals surface area (Å²) >= 11 is 12.4. The van der Waals surface area contributed by atoms with Gasteiger partial charge in [0.15, 0.2) is 0 Å². The third kappa shape index (κ3) is 4.52. The number of likely N-dealkylation sites (N-methyl/N-ethyl adjacent to an activating group) is 1. The average molecular weight is 418 g/mol. The molecular weight excluding hydrogens is 401 g/mol. The Balaban J connectivity index is 1.86. The smallest absolute Gasteiger partial charge is 0.335 e. The molecule has 0 aliphatic heterocycles. The van der Waals surface area contributed by atoms with Gasteiger partial charge in [0.1, 0.15) is 0 Å². The molecule has 1 heterocycles. The van der Waals surface area contributed by atoms with Gasteiger partial charge in [-0.2, -0.15) is 0 Å². The number of aromatic carboxylic acids is 1. The Bertz CT molecular complexity index is 1040. The first-order valence-electron chi connectivity index (χ1n) is 8.38. The first-order valence-corrected chi connectivity index (χ1v) is 9.13. The zero-order chi connectivity index (χ0) is 20.3. The van der Waals surface area contributed by atoms with Crippen LogP contribution in [-0.2, 0) is 11.3 Å². The summed E-state index contributed by atoms with van der Waals surface area (Å²) in [6.07, 6.45) is 3.31. The maximum atomic E-state index is 12.4. The molecule has 0 saturated heterocycles. The van der Waals surface area contributed by atoms with Crippen LogP contribution < -0.4 is 10.2 Å². The summed E-state index contributed by atoms with van der Waals surface area (Å²) in [4.78, 5) is 29.5. The molecule has 0 radical (unpaired) electrons. The van der Waals surface area contributed by atoms with E-state index in [1.165, 1.54) is 12.1 Å². The van der Waals surface area contributed by atoms with Crippen molar-refractivity contribution in [1.82, 2.24) is 10.3 Å². The number of nitrogens with zero attached hydrogens (tertiary/aromatic N) is 2. The van der Waals surface area contributed by atoms with Gasteiger partial charge in [-0.1, -0.05) is 23.2 Å². The normalized spacial score (nSPS) is 10.7. The average Bonchev–Trinajstić information content (AvgIpc) is 2.65. The predicted octanol–water partition coefficient (Wildman–Crippen LogP) is 3.99. The molecule has 3 rings (SSSR count). The monoisotopic (exact) mass is 417 g/mol. The molecule has 0 spiro atoms. The quantitative estimate of drug-likeness (QED) is 0.633. The topological polar surface area (TPSA) is 82.5 Å². The number of carbonyl (C=O) groups excluding carboxylic acids is 1. The van der Waals surface area contributed by atoms with E-state index in [4.69, 9.17) is 23.2 Å². The Morgan fingerprint density at radius 3 is 2.54 bits per heavy atom. The van der Waals surface area contributed by atoms with Gasteiger partial charge in [0.05, 0.1) is 17.1 Å². The van der Waals surface area contributed by atoms with E-state index in [1.54, 1.807) is 36.5 Å². The van der Waals surface area contributed by atoms with Crippen LogP contribution >= 0.6 is 23.2 Å². The molecule has 0 fully saturated rings. The molecule has 8 heteroatoms. The second-order valence-electron chi connectivity index (χ2n) is 6.27. The fourth-order valence-electron chi connectivity index (χ4n) is 2.89. The summed E-state index contributed by atoms with van der Waals surface area (Å²) < 4.78 is 0. The van der Waals surface area contributed by atoms with Gasteiger partial charge in [-0.3, -0.25) is 9.78 Å². The third-order valence-electron chi connectivity index (χ3n) is 4.22. The van der Waals surface area contributed by atoms with E-state index in [-0.39, 0.29) is 18.0 Å². The van der Waals surface area contributed by atoms with Gasteiger partial charge in [0.2, 0.25) is 5.91 Å². The van der Waals surface area contributed by atoms with Crippen molar-refractivity contribution in [3.05, 3.63) is 70.0 Å². The number of halogens is 2. The molecule has 1 aromatic heterocycles. The van der Waals surface area contributed by atoms with Gasteiger partial charge in [-0.15, -0.1) is 0 Å². The predicted molar refractivity (Wildman–Crippen MR) is 110 cm³/mol. The van der Waals surface area contributed by atoms with Crippen LogP contribution in [-0.4, -0.2) is 35.6 Å². The number of carbonyl (C=O) groups is 2. The molecule has 0 unspecified atom stereocenters. The van der Waals surface area contributed by atoms with Crippen molar-refractivity contribution in [1.29, 1.82) is 0 Å². The third-order valence-corrected chi connectivity index (χ3v) is 4.74. The van der Waals surface area contributed by atoms with E-state index < -0.39 is 5.97 Å². The number of carboxylic acid groups (broad SMARTS) is 1. The van der Waals surface area contributed by atoms with Crippen molar-refractivity contribution in [3.63, 3.8) is 0 Å². The lowest BCUT2D eigenvalue weighted by Crippen LogP contribution is -2.35. The van der Waals surface area contributed by atoms with E-state index in [2.05, 4.69) is 10.3 Å². The lowest BCUT2D eigenvalue weighted by molar-refractivity contribution is -0.119. The Morgan fingerprint density at radius 2 is 1.86 bits per heavy atom. The standard InChI is InChI=1S/C20H17Cl2N3O3/c1-25(11-18(26)24-10-12-2-4-23-5-3-12)17-8-14(20(27)28)6-13-7-15(21)9-16(22)19(13)17/h2-9H,10-11H2,1H3,(H,24,26)(H,27,28). The number of aromatic nitrogens is 1. The van der Waals surface area contributed by atoms with Crippen molar-refractivity contribution in [2.75, 3.05) is 18.5 Å². The summed E-state index contributed by atoms with van der Waals surface area (Å²) in [6.45, 7) is 0.406. The molecule has 2 aromatic carbocycles. The second-order valence-corrected chi connectivity index (χ2v) is 7.12. The molecule has 2 N–H and O–H groups in total. The minimum Gasteiger partial charge on any atom is -0.478 e. The highest BCUT2D eigenvalue weighted by Gasteiger charge is 2.17. The number of nitrogens with one attached hydrogen (secondary N) is 1. The van der Waals surface area contributed by atoms with Crippen molar-refractivity contribution in [2.45, 2.75) is 6.54 Å². The molecule has 0 atom stereocenters. The molecule has 28 heavy (non-hydrogen) atoms. The highest BCUT2D eigenvalue weighted by atomic mass is 35.5. The molecule has 0 aliphatic carbocycles. The Labute approximate surface area is 171 Å². The van der Waals surface area contributed by atoms with Crippen LogP contribution in [0.1, 0.15) is 15.9 Å². The molecule has 1 amide bonds. The number of benzene rings is 2. The largest absolute Gasteiger partial charge is 0.478 e. The highest BCUT2D eigenvalue weighted by Crippen LogP contribution is 2.36. The maximum absolute atomic E-state index is 12.4. The van der Waals surface area contributed by atoms with Crippen LogP contribution in [0.25, 0.3) is 10.8 Å². The highest BCUT2D eigenvalue weighted by molar-refractivity contribution is 6.39. The van der Waals surface area contributed by atoms with Crippen LogP contribution in [0, 0.1) is 0 Å². The number of rotatable bonds is 6. The minimum absolute atomic E-state index is 0.0300. The SMILES string of the molecule is CN(CC(=O)NCc1ccncc1)c1cc(C(=O)O)cc2cc(Cl)cc(Cl)c12. The zero-order valence-electron chi connectivity index (χ0n) is 14.9. The number of hydrogen-bond donors (Lipinski definition) is 2. The maximum Gasteiger partial charge on any atom is 0.335 e. The Morgan fingerprint density at radius 1 is 1.14 bits per heavy atom. The van der Waals surface area contributed by atoms with E-state index >= 15 is 0 Å². The summed E-state index contributed by atoms with van der Waals surface area (Å²) in [5.74, 6) is -1.28. The van der Waals surface area contributed by atoms with Crippen LogP contribution in [0.15, 0.2) is 48.8 Å². The minimum atomic E-state index is -1.07. The molecule has 0 saturated carbocycles. The van der Waals surface area contributed by atoms with Crippen molar-refractivity contribution >= 4 is 51.5 Å². The number of pyridine rings is 1. The Hall–Kier alpha value is -2.83. The number of anilines is 1. The molecular formula is C20H17Cl2N3O3. The number of fused-ring (bicyclic) bond motifs is 1. The van der Waals surface area contributed by atoms with Crippen molar-refractivity contribution in [3.8, 4) is 0 Å². The van der Waals surface area contributed by atoms with Crippen molar-refractivity contribution < 1.29 is 14.7 Å². The van der Waals surface area contributed by atoms with Crippen molar-refractivity contribution in [2.24, 2.45) is 0 Å². The summed E-state index contributed by atoms with van der Waals surface area (Å²) in [6, 6.07) is 9.88. The lowest BCUT2D eigenvalue weighted by atomic mass is 10.0. The van der Waals surface area contributed by atoms with Gasteiger partial charge in [0.25, 0.3) is 0 Å². The van der Waals surface area contributed by atoms with E-state index in [1.807, 2.05) is 12.1 Å². The molecule has 0 bridgehead atoms. The van der Waals surface area contributed by atoms with Crippen LogP contribution in [0.4, 0.5) is 5.69 Å². The van der Waals surface area contributed by atoms with Gasteiger partial charge in [0, 0.05) is 42.1 Å². The first kappa shape index (κ1) is 19.9. The zero-order valence-corrected chi connectivity index (χ0v) is 16.5. The van der Waals surface area contributed by atoms with Crippen LogP contribution in [0.5, 0.6) is 0 Å². The van der Waals surface area contributed by atoms with Crippen LogP contribution in [0.2, 0.25) is 10.0 Å². The number of carboxylic acids is 1. The fraction of sp³-hybridized carbons (Fsp3) is 0.150. The summed E-state index contributed by atoms with van der Waals surface area (Å²) in [7, 11) is 1.71. The molecule has 144 valence electrons. The van der Waals surface area contributed by atoms with E-state index in [9.17, 15) is 14.7 Å². The van der Waals surface area contributed by atoms with Gasteiger partial charge in [-0.25, -0.2) is 4.79 Å². The molecule has 6 nitrogen and oxygen atoms in total.